The number of hydrogen-bond acceptors (Lipinski definition) is 2. The minimum Gasteiger partial charge on any atom is -0.335 e. The van der Waals surface area contributed by atoms with E-state index in [9.17, 15) is 0 Å². The number of aryl methyl sites for hydroxylation is 2. The standard InChI is InChI=1S/C11H19N3/c1-9-8-13-11(14(9)2)6-5-10-4-3-7-12-10/h8,10,12H,3-7H2,1-2H3. The molecule has 3 heteroatoms. The molecule has 2 rings (SSSR count). The monoisotopic (exact) mass is 193 g/mol. The first-order valence-corrected chi connectivity index (χ1v) is 5.48. The van der Waals surface area contributed by atoms with Crippen LogP contribution in [-0.2, 0) is 13.5 Å². The Morgan fingerprint density at radius 1 is 1.64 bits per heavy atom. The minimum absolute atomic E-state index is 0.729. The molecule has 3 nitrogen and oxygen atoms in total. The number of nitrogens with one attached hydrogen (secondary N) is 1. The molecule has 1 atom stereocenters. The summed E-state index contributed by atoms with van der Waals surface area (Å²) in [7, 11) is 2.10. The Balaban J connectivity index is 1.88. The van der Waals surface area contributed by atoms with E-state index in [2.05, 4.69) is 28.8 Å². The van der Waals surface area contributed by atoms with Gasteiger partial charge in [0, 0.05) is 31.4 Å². The van der Waals surface area contributed by atoms with Crippen molar-refractivity contribution in [1.29, 1.82) is 0 Å². The van der Waals surface area contributed by atoms with Crippen molar-refractivity contribution in [2.75, 3.05) is 6.54 Å². The highest BCUT2D eigenvalue weighted by Gasteiger charge is 2.14. The molecule has 1 saturated heterocycles. The molecule has 78 valence electrons. The van der Waals surface area contributed by atoms with Crippen LogP contribution in [0.5, 0.6) is 0 Å². The molecule has 1 unspecified atom stereocenters. The second-order valence-electron chi connectivity index (χ2n) is 4.21. The molecule has 0 radical (unpaired) electrons. The Labute approximate surface area is 85.5 Å². The summed E-state index contributed by atoms with van der Waals surface area (Å²) in [6.07, 6.45) is 6.96. The lowest BCUT2D eigenvalue weighted by atomic mass is 10.1. The van der Waals surface area contributed by atoms with E-state index in [1.54, 1.807) is 0 Å². The minimum atomic E-state index is 0.729. The molecule has 1 aliphatic rings. The van der Waals surface area contributed by atoms with E-state index in [1.165, 1.54) is 37.3 Å². The topological polar surface area (TPSA) is 29.9 Å². The molecule has 1 N–H and O–H groups in total. The Hall–Kier alpha value is -0.830. The molecule has 0 amide bonds. The van der Waals surface area contributed by atoms with Crippen molar-refractivity contribution in [2.45, 2.75) is 38.6 Å². The average Bonchev–Trinajstić information content (AvgIpc) is 2.77. The molecule has 1 aromatic rings. The van der Waals surface area contributed by atoms with Crippen LogP contribution >= 0.6 is 0 Å². The van der Waals surface area contributed by atoms with Gasteiger partial charge in [-0.15, -0.1) is 0 Å². The van der Waals surface area contributed by atoms with E-state index >= 15 is 0 Å². The van der Waals surface area contributed by atoms with Crippen molar-refractivity contribution in [3.8, 4) is 0 Å². The number of rotatable bonds is 3. The van der Waals surface area contributed by atoms with Crippen molar-refractivity contribution in [3.05, 3.63) is 17.7 Å². The molecule has 1 fully saturated rings. The number of nitrogens with zero attached hydrogens (tertiary/aromatic N) is 2. The summed E-state index contributed by atoms with van der Waals surface area (Å²) in [6.45, 7) is 3.30. The fraction of sp³-hybridized carbons (Fsp3) is 0.727. The predicted molar refractivity (Wildman–Crippen MR) is 57.3 cm³/mol. The molecule has 0 aromatic carbocycles. The van der Waals surface area contributed by atoms with Crippen LogP contribution < -0.4 is 5.32 Å². The Bertz CT molecular complexity index is 297. The van der Waals surface area contributed by atoms with Gasteiger partial charge in [0.2, 0.25) is 0 Å². The van der Waals surface area contributed by atoms with Gasteiger partial charge in [-0.1, -0.05) is 0 Å². The zero-order valence-corrected chi connectivity index (χ0v) is 9.08. The van der Waals surface area contributed by atoms with Gasteiger partial charge in [0.15, 0.2) is 0 Å². The van der Waals surface area contributed by atoms with E-state index in [4.69, 9.17) is 0 Å². The maximum absolute atomic E-state index is 4.41. The van der Waals surface area contributed by atoms with Crippen LogP contribution in [0.15, 0.2) is 6.20 Å². The van der Waals surface area contributed by atoms with Crippen LogP contribution in [0.3, 0.4) is 0 Å². The zero-order chi connectivity index (χ0) is 9.97. The molecule has 0 bridgehead atoms. The van der Waals surface area contributed by atoms with Crippen LogP contribution in [0.4, 0.5) is 0 Å². The fourth-order valence-electron chi connectivity index (χ4n) is 2.08. The van der Waals surface area contributed by atoms with Crippen LogP contribution in [-0.4, -0.2) is 22.1 Å². The number of hydrogen-bond donors (Lipinski definition) is 1. The summed E-state index contributed by atoms with van der Waals surface area (Å²) in [5.41, 5.74) is 1.25. The SMILES string of the molecule is Cc1cnc(CCC2CCCN2)n1C. The Morgan fingerprint density at radius 3 is 3.07 bits per heavy atom. The van der Waals surface area contributed by atoms with Gasteiger partial charge in [0.1, 0.15) is 5.82 Å². The first-order chi connectivity index (χ1) is 6.77. The molecule has 0 aliphatic carbocycles. The van der Waals surface area contributed by atoms with E-state index in [1.807, 2.05) is 6.20 Å². The van der Waals surface area contributed by atoms with Gasteiger partial charge >= 0.3 is 0 Å². The van der Waals surface area contributed by atoms with Crippen molar-refractivity contribution >= 4 is 0 Å². The van der Waals surface area contributed by atoms with Gasteiger partial charge in [-0.2, -0.15) is 0 Å². The van der Waals surface area contributed by atoms with Crippen LogP contribution in [0.2, 0.25) is 0 Å². The average molecular weight is 193 g/mol. The van der Waals surface area contributed by atoms with E-state index in [-0.39, 0.29) is 0 Å². The fourth-order valence-corrected chi connectivity index (χ4v) is 2.08. The van der Waals surface area contributed by atoms with Crippen molar-refractivity contribution in [1.82, 2.24) is 14.9 Å². The smallest absolute Gasteiger partial charge is 0.108 e. The summed E-state index contributed by atoms with van der Waals surface area (Å²) >= 11 is 0. The predicted octanol–water partition coefficient (Wildman–Crippen LogP) is 1.41. The maximum Gasteiger partial charge on any atom is 0.108 e. The van der Waals surface area contributed by atoms with Gasteiger partial charge in [0.25, 0.3) is 0 Å². The first kappa shape index (κ1) is 9.71. The van der Waals surface area contributed by atoms with Gasteiger partial charge in [-0.25, -0.2) is 4.98 Å². The van der Waals surface area contributed by atoms with Gasteiger partial charge < -0.3 is 9.88 Å². The zero-order valence-electron chi connectivity index (χ0n) is 9.08. The molecule has 0 spiro atoms. The van der Waals surface area contributed by atoms with Crippen LogP contribution in [0, 0.1) is 6.92 Å². The third-order valence-electron chi connectivity index (χ3n) is 3.20. The lowest BCUT2D eigenvalue weighted by Gasteiger charge is -2.09. The third-order valence-corrected chi connectivity index (χ3v) is 3.20. The highest BCUT2D eigenvalue weighted by Crippen LogP contribution is 2.12. The Kier molecular flexibility index (Phi) is 2.87. The second-order valence-corrected chi connectivity index (χ2v) is 4.21. The molecular formula is C11H19N3. The normalized spacial score (nSPS) is 21.7. The summed E-state index contributed by atoms with van der Waals surface area (Å²) < 4.78 is 2.19. The molecular weight excluding hydrogens is 174 g/mol. The second kappa shape index (κ2) is 4.13. The summed E-state index contributed by atoms with van der Waals surface area (Å²) in [6, 6.07) is 0.729. The van der Waals surface area contributed by atoms with Crippen molar-refractivity contribution in [3.63, 3.8) is 0 Å². The quantitative estimate of drug-likeness (QED) is 0.786. The maximum atomic E-state index is 4.41. The van der Waals surface area contributed by atoms with Gasteiger partial charge in [0.05, 0.1) is 0 Å². The molecule has 1 aromatic heterocycles. The summed E-state index contributed by atoms with van der Waals surface area (Å²) in [5.74, 6) is 1.22. The number of imidazole rings is 1. The van der Waals surface area contributed by atoms with Gasteiger partial charge in [-0.3, -0.25) is 0 Å². The Morgan fingerprint density at radius 2 is 2.50 bits per heavy atom. The lowest BCUT2D eigenvalue weighted by Crippen LogP contribution is -2.22. The van der Waals surface area contributed by atoms with Crippen LogP contribution in [0.1, 0.15) is 30.8 Å². The summed E-state index contributed by atoms with van der Waals surface area (Å²) in [5, 5.41) is 3.52. The molecule has 0 saturated carbocycles. The van der Waals surface area contributed by atoms with Crippen molar-refractivity contribution < 1.29 is 0 Å². The molecule has 14 heavy (non-hydrogen) atoms. The number of aromatic nitrogens is 2. The van der Waals surface area contributed by atoms with Gasteiger partial charge in [-0.05, 0) is 32.7 Å². The summed E-state index contributed by atoms with van der Waals surface area (Å²) in [4.78, 5) is 4.41. The van der Waals surface area contributed by atoms with E-state index in [0.717, 1.165) is 12.5 Å². The van der Waals surface area contributed by atoms with Crippen LogP contribution in [0.25, 0.3) is 0 Å². The van der Waals surface area contributed by atoms with E-state index < -0.39 is 0 Å². The molecule has 1 aliphatic heterocycles. The van der Waals surface area contributed by atoms with E-state index in [0.29, 0.717) is 0 Å². The third kappa shape index (κ3) is 1.98. The highest BCUT2D eigenvalue weighted by atomic mass is 15.1. The molecule has 2 heterocycles. The first-order valence-electron chi connectivity index (χ1n) is 5.48. The largest absolute Gasteiger partial charge is 0.335 e. The highest BCUT2D eigenvalue weighted by molar-refractivity contribution is 5.02. The lowest BCUT2D eigenvalue weighted by molar-refractivity contribution is 0.544. The van der Waals surface area contributed by atoms with Crippen molar-refractivity contribution in [2.24, 2.45) is 7.05 Å².